The number of nitrogens with zero attached hydrogens (tertiary/aromatic N) is 4. The van der Waals surface area contributed by atoms with Gasteiger partial charge in [-0.15, -0.1) is 0 Å². The second kappa shape index (κ2) is 10.9. The Kier molecular flexibility index (Phi) is 8.15. The first-order valence-electron chi connectivity index (χ1n) is 11.5. The number of aromatic nitrogens is 2. The van der Waals surface area contributed by atoms with E-state index in [2.05, 4.69) is 10.4 Å². The van der Waals surface area contributed by atoms with E-state index >= 15 is 0 Å². The van der Waals surface area contributed by atoms with Gasteiger partial charge in [0.15, 0.2) is 0 Å². The molecule has 0 saturated carbocycles. The van der Waals surface area contributed by atoms with Gasteiger partial charge in [0.2, 0.25) is 0 Å². The Balaban J connectivity index is 1.68. The van der Waals surface area contributed by atoms with Gasteiger partial charge in [-0.05, 0) is 69.3 Å². The van der Waals surface area contributed by atoms with Crippen LogP contribution in [-0.4, -0.2) is 52.9 Å². The van der Waals surface area contributed by atoms with E-state index in [0.29, 0.717) is 18.8 Å². The number of halogens is 3. The van der Waals surface area contributed by atoms with Crippen molar-refractivity contribution in [2.45, 2.75) is 39.0 Å². The SMILES string of the molecule is CN(C)c1cc(C(F)(F)F)ccc1C(=O)Nc1ccc(OC(=O)N(CCn2cccn2)C(C)(C)C)cc1. The zero-order valence-corrected chi connectivity index (χ0v) is 21.3. The highest BCUT2D eigenvalue weighted by Gasteiger charge is 2.32. The van der Waals surface area contributed by atoms with Crippen LogP contribution in [0.15, 0.2) is 60.9 Å². The lowest BCUT2D eigenvalue weighted by Crippen LogP contribution is -2.48. The molecule has 8 nitrogen and oxygen atoms in total. The molecule has 0 saturated heterocycles. The van der Waals surface area contributed by atoms with Crippen LogP contribution in [0.3, 0.4) is 0 Å². The van der Waals surface area contributed by atoms with Crippen LogP contribution < -0.4 is 15.0 Å². The summed E-state index contributed by atoms with van der Waals surface area (Å²) in [5.41, 5.74) is -0.723. The van der Waals surface area contributed by atoms with Crippen molar-refractivity contribution in [1.29, 1.82) is 0 Å². The zero-order chi connectivity index (χ0) is 27.4. The Morgan fingerprint density at radius 1 is 1.05 bits per heavy atom. The molecule has 1 aromatic heterocycles. The highest BCUT2D eigenvalue weighted by molar-refractivity contribution is 6.08. The summed E-state index contributed by atoms with van der Waals surface area (Å²) in [6.45, 7) is 6.60. The third-order valence-corrected chi connectivity index (χ3v) is 5.51. The summed E-state index contributed by atoms with van der Waals surface area (Å²) in [5.74, 6) is -0.292. The summed E-state index contributed by atoms with van der Waals surface area (Å²) in [7, 11) is 3.12. The van der Waals surface area contributed by atoms with Crippen molar-refractivity contribution in [2.75, 3.05) is 30.9 Å². The summed E-state index contributed by atoms with van der Waals surface area (Å²) < 4.78 is 46.6. The highest BCUT2D eigenvalue weighted by Crippen LogP contribution is 2.33. The van der Waals surface area contributed by atoms with Crippen molar-refractivity contribution in [2.24, 2.45) is 0 Å². The molecule has 0 fully saturated rings. The van der Waals surface area contributed by atoms with Crippen LogP contribution in [0.25, 0.3) is 0 Å². The fourth-order valence-electron chi connectivity index (χ4n) is 3.57. The molecule has 0 spiro atoms. The van der Waals surface area contributed by atoms with Gasteiger partial charge in [-0.25, -0.2) is 4.79 Å². The number of benzene rings is 2. The van der Waals surface area contributed by atoms with Crippen LogP contribution in [0.5, 0.6) is 5.75 Å². The van der Waals surface area contributed by atoms with Crippen LogP contribution in [-0.2, 0) is 12.7 Å². The van der Waals surface area contributed by atoms with E-state index in [1.807, 2.05) is 27.0 Å². The molecule has 11 heteroatoms. The van der Waals surface area contributed by atoms with Gasteiger partial charge in [0, 0.05) is 49.9 Å². The summed E-state index contributed by atoms with van der Waals surface area (Å²) >= 11 is 0. The summed E-state index contributed by atoms with van der Waals surface area (Å²) in [5, 5.41) is 6.82. The van der Waals surface area contributed by atoms with Gasteiger partial charge in [0.05, 0.1) is 17.7 Å². The first-order chi connectivity index (χ1) is 17.3. The fraction of sp³-hybridized carbons (Fsp3) is 0.346. The topological polar surface area (TPSA) is 79.7 Å². The van der Waals surface area contributed by atoms with Crippen LogP contribution in [0.4, 0.5) is 29.3 Å². The molecule has 0 bridgehead atoms. The number of carbonyl (C=O) groups is 2. The Bertz CT molecular complexity index is 1220. The molecule has 2 aromatic carbocycles. The molecule has 2 amide bonds. The number of nitrogens with one attached hydrogen (secondary N) is 1. The van der Waals surface area contributed by atoms with E-state index in [0.717, 1.165) is 18.2 Å². The van der Waals surface area contributed by atoms with Gasteiger partial charge in [0.25, 0.3) is 5.91 Å². The van der Waals surface area contributed by atoms with Crippen molar-refractivity contribution < 1.29 is 27.5 Å². The number of hydrogen-bond acceptors (Lipinski definition) is 5. The number of ether oxygens (including phenoxy) is 1. The maximum absolute atomic E-state index is 13.1. The van der Waals surface area contributed by atoms with Crippen molar-refractivity contribution in [1.82, 2.24) is 14.7 Å². The maximum Gasteiger partial charge on any atom is 0.416 e. The van der Waals surface area contributed by atoms with Crippen molar-refractivity contribution in [3.05, 3.63) is 72.1 Å². The molecule has 37 heavy (non-hydrogen) atoms. The minimum atomic E-state index is -4.52. The molecular formula is C26H30F3N5O3. The highest BCUT2D eigenvalue weighted by atomic mass is 19.4. The third-order valence-electron chi connectivity index (χ3n) is 5.51. The van der Waals surface area contributed by atoms with Crippen molar-refractivity contribution in [3.63, 3.8) is 0 Å². The van der Waals surface area contributed by atoms with Crippen molar-refractivity contribution >= 4 is 23.4 Å². The average Bonchev–Trinajstić information content (AvgIpc) is 3.32. The largest absolute Gasteiger partial charge is 0.416 e. The predicted molar refractivity (Wildman–Crippen MR) is 135 cm³/mol. The molecule has 0 unspecified atom stereocenters. The molecule has 1 heterocycles. The van der Waals surface area contributed by atoms with Gasteiger partial charge in [0.1, 0.15) is 5.75 Å². The molecule has 3 rings (SSSR count). The minimum Gasteiger partial charge on any atom is -0.410 e. The molecule has 198 valence electrons. The normalized spacial score (nSPS) is 11.7. The number of hydrogen-bond donors (Lipinski definition) is 1. The maximum atomic E-state index is 13.1. The van der Waals surface area contributed by atoms with Gasteiger partial charge in [-0.3, -0.25) is 9.48 Å². The molecule has 0 aliphatic heterocycles. The number of amides is 2. The first kappa shape index (κ1) is 27.6. The van der Waals surface area contributed by atoms with E-state index in [4.69, 9.17) is 4.74 Å². The predicted octanol–water partition coefficient (Wildman–Crippen LogP) is 5.52. The van der Waals surface area contributed by atoms with Crippen LogP contribution in [0, 0.1) is 0 Å². The quantitative estimate of drug-likeness (QED) is 0.447. The first-order valence-corrected chi connectivity index (χ1v) is 11.5. The van der Waals surface area contributed by atoms with Gasteiger partial charge < -0.3 is 19.9 Å². The van der Waals surface area contributed by atoms with Crippen molar-refractivity contribution in [3.8, 4) is 5.75 Å². The van der Waals surface area contributed by atoms with Crippen LogP contribution in [0.1, 0.15) is 36.7 Å². The molecule has 3 aromatic rings. The Morgan fingerprint density at radius 3 is 2.27 bits per heavy atom. The van der Waals surface area contributed by atoms with Crippen LogP contribution >= 0.6 is 0 Å². The summed E-state index contributed by atoms with van der Waals surface area (Å²) in [6.07, 6.45) is -1.57. The lowest BCUT2D eigenvalue weighted by atomic mass is 10.1. The van der Waals surface area contributed by atoms with E-state index in [-0.39, 0.29) is 17.0 Å². The fourth-order valence-corrected chi connectivity index (χ4v) is 3.57. The molecule has 0 radical (unpaired) electrons. The van der Waals surface area contributed by atoms with Gasteiger partial charge in [-0.1, -0.05) is 0 Å². The monoisotopic (exact) mass is 517 g/mol. The van der Waals surface area contributed by atoms with Crippen LogP contribution in [0.2, 0.25) is 0 Å². The van der Waals surface area contributed by atoms with Gasteiger partial charge in [-0.2, -0.15) is 18.3 Å². The van der Waals surface area contributed by atoms with E-state index < -0.39 is 29.3 Å². The third kappa shape index (κ3) is 7.25. The number of anilines is 2. The standard InChI is InChI=1S/C26H30F3N5O3/c1-25(2,3)34(16-15-33-14-6-13-30-33)24(36)37-20-10-8-19(9-11-20)31-23(35)21-12-7-18(26(27,28)29)17-22(21)32(4)5/h6-14,17H,15-16H2,1-5H3,(H,31,35). The average molecular weight is 518 g/mol. The Hall–Kier alpha value is -4.02. The Morgan fingerprint density at radius 2 is 1.73 bits per heavy atom. The summed E-state index contributed by atoms with van der Waals surface area (Å²) in [4.78, 5) is 28.7. The molecule has 0 aliphatic carbocycles. The smallest absolute Gasteiger partial charge is 0.410 e. The lowest BCUT2D eigenvalue weighted by Gasteiger charge is -2.34. The number of alkyl halides is 3. The summed E-state index contributed by atoms with van der Waals surface area (Å²) in [6, 6.07) is 10.9. The molecule has 0 aliphatic rings. The number of rotatable bonds is 7. The van der Waals surface area contributed by atoms with Gasteiger partial charge >= 0.3 is 12.3 Å². The Labute approximate surface area is 213 Å². The lowest BCUT2D eigenvalue weighted by molar-refractivity contribution is -0.137. The minimum absolute atomic E-state index is 0.0894. The van der Waals surface area contributed by atoms with E-state index in [9.17, 15) is 22.8 Å². The van der Waals surface area contributed by atoms with E-state index in [1.54, 1.807) is 48.1 Å². The zero-order valence-electron chi connectivity index (χ0n) is 21.3. The molecular weight excluding hydrogens is 487 g/mol. The second-order valence-corrected chi connectivity index (χ2v) is 9.56. The molecule has 0 atom stereocenters. The van der Waals surface area contributed by atoms with E-state index in [1.165, 1.54) is 17.0 Å². The molecule has 1 N–H and O–H groups in total. The number of carbonyl (C=O) groups excluding carboxylic acids is 2. The second-order valence-electron chi connectivity index (χ2n) is 9.56.